The molecule has 2 atom stereocenters. The topological polar surface area (TPSA) is 68.0 Å². The first-order valence-electron chi connectivity index (χ1n) is 11.4. The van der Waals surface area contributed by atoms with E-state index in [1.165, 1.54) is 6.07 Å². The average molecular weight is 420 g/mol. The highest BCUT2D eigenvalue weighted by Crippen LogP contribution is 2.27. The second kappa shape index (κ2) is 10.1. The first kappa shape index (κ1) is 21.5. The molecule has 3 fully saturated rings. The summed E-state index contributed by atoms with van der Waals surface area (Å²) < 4.78 is 25.7. The molecule has 1 aromatic carbocycles. The third-order valence-electron chi connectivity index (χ3n) is 6.82. The highest BCUT2D eigenvalue weighted by molar-refractivity contribution is 5.79. The van der Waals surface area contributed by atoms with Gasteiger partial charge in [0.2, 0.25) is 5.91 Å². The molecule has 0 bridgehead atoms. The summed E-state index contributed by atoms with van der Waals surface area (Å²) in [6.07, 6.45) is 5.31. The molecule has 0 saturated carbocycles. The van der Waals surface area contributed by atoms with Crippen LogP contribution in [0.4, 0.5) is 10.1 Å². The molecule has 6 nitrogen and oxygen atoms in total. The molecule has 1 amide bonds. The molecular formula is C23H34FN3O3. The minimum absolute atomic E-state index is 0.0407. The molecule has 7 heteroatoms. The van der Waals surface area contributed by atoms with Gasteiger partial charge in [-0.3, -0.25) is 4.79 Å². The van der Waals surface area contributed by atoms with Gasteiger partial charge in [0.25, 0.3) is 0 Å². The first-order valence-corrected chi connectivity index (χ1v) is 11.4. The summed E-state index contributed by atoms with van der Waals surface area (Å²) in [7, 11) is 0. The van der Waals surface area contributed by atoms with E-state index in [-0.39, 0.29) is 35.8 Å². The fraction of sp³-hybridized carbons (Fsp3) is 0.696. The van der Waals surface area contributed by atoms with Crippen molar-refractivity contribution in [3.05, 3.63) is 30.1 Å². The molecule has 30 heavy (non-hydrogen) atoms. The zero-order valence-electron chi connectivity index (χ0n) is 17.7. The Bertz CT molecular complexity index is 705. The number of hydrogen-bond acceptors (Lipinski definition) is 5. The van der Waals surface area contributed by atoms with Crippen molar-refractivity contribution < 1.29 is 18.7 Å². The van der Waals surface area contributed by atoms with Gasteiger partial charge in [0.1, 0.15) is 5.82 Å². The van der Waals surface area contributed by atoms with Crippen LogP contribution in [-0.4, -0.2) is 68.4 Å². The maximum Gasteiger partial charge on any atom is 0.226 e. The average Bonchev–Trinajstić information content (AvgIpc) is 2.79. The van der Waals surface area contributed by atoms with E-state index in [2.05, 4.69) is 4.90 Å². The smallest absolute Gasteiger partial charge is 0.226 e. The number of anilines is 1. The number of likely N-dealkylation sites (tertiary alicyclic amines) is 1. The van der Waals surface area contributed by atoms with Gasteiger partial charge in [-0.25, -0.2) is 4.39 Å². The van der Waals surface area contributed by atoms with Crippen LogP contribution >= 0.6 is 0 Å². The van der Waals surface area contributed by atoms with E-state index in [1.807, 2.05) is 17.0 Å². The van der Waals surface area contributed by atoms with Gasteiger partial charge in [-0.2, -0.15) is 0 Å². The van der Waals surface area contributed by atoms with Crippen LogP contribution in [0.1, 0.15) is 38.5 Å². The maximum atomic E-state index is 14.0. The van der Waals surface area contributed by atoms with Crippen molar-refractivity contribution in [3.8, 4) is 0 Å². The summed E-state index contributed by atoms with van der Waals surface area (Å²) in [6.45, 7) is 4.13. The van der Waals surface area contributed by atoms with Crippen LogP contribution in [0.5, 0.6) is 0 Å². The summed E-state index contributed by atoms with van der Waals surface area (Å²) >= 11 is 0. The summed E-state index contributed by atoms with van der Waals surface area (Å²) in [5, 5.41) is 0. The molecule has 3 saturated heterocycles. The summed E-state index contributed by atoms with van der Waals surface area (Å²) in [5.74, 6) is 0.0966. The predicted octanol–water partition coefficient (Wildman–Crippen LogP) is 2.56. The molecular weight excluding hydrogens is 385 g/mol. The van der Waals surface area contributed by atoms with E-state index in [0.29, 0.717) is 25.5 Å². The number of rotatable bonds is 5. The first-order chi connectivity index (χ1) is 14.6. The standard InChI is InChI=1S/C23H34FN3O3/c24-19-4-1-2-6-21(19)26-12-7-18(8-13-26)30-16-22-20(25)5-3-11-27(22)23(28)17-9-14-29-15-10-17/h1-2,4,6,17-18,20,22H,3,5,7-16,25H2/t20-,22-/m0/s1. The third kappa shape index (κ3) is 4.95. The van der Waals surface area contributed by atoms with Gasteiger partial charge in [0, 0.05) is 44.8 Å². The number of amides is 1. The Labute approximate surface area is 178 Å². The van der Waals surface area contributed by atoms with Crippen LogP contribution in [0, 0.1) is 11.7 Å². The molecule has 3 heterocycles. The Hall–Kier alpha value is -1.70. The lowest BCUT2D eigenvalue weighted by atomic mass is 9.92. The van der Waals surface area contributed by atoms with Gasteiger partial charge in [0.15, 0.2) is 0 Å². The summed E-state index contributed by atoms with van der Waals surface area (Å²) in [6, 6.07) is 6.83. The minimum Gasteiger partial charge on any atom is -0.381 e. The molecule has 0 spiro atoms. The van der Waals surface area contributed by atoms with Gasteiger partial charge in [0.05, 0.1) is 24.4 Å². The summed E-state index contributed by atoms with van der Waals surface area (Å²) in [5.41, 5.74) is 7.08. The van der Waals surface area contributed by atoms with Gasteiger partial charge in [-0.05, 0) is 50.7 Å². The molecule has 166 valence electrons. The number of piperidine rings is 2. The fourth-order valence-electron chi connectivity index (χ4n) is 4.96. The second-order valence-electron chi connectivity index (χ2n) is 8.76. The normalized spacial score (nSPS) is 26.7. The van der Waals surface area contributed by atoms with Crippen molar-refractivity contribution in [2.24, 2.45) is 11.7 Å². The Kier molecular flexibility index (Phi) is 7.23. The molecule has 0 radical (unpaired) electrons. The number of halogens is 1. The van der Waals surface area contributed by atoms with E-state index in [9.17, 15) is 9.18 Å². The fourth-order valence-corrected chi connectivity index (χ4v) is 4.96. The number of nitrogens with zero attached hydrogens (tertiary/aromatic N) is 2. The monoisotopic (exact) mass is 419 g/mol. The highest BCUT2D eigenvalue weighted by atomic mass is 19.1. The minimum atomic E-state index is -0.174. The lowest BCUT2D eigenvalue weighted by Crippen LogP contribution is -2.58. The third-order valence-corrected chi connectivity index (χ3v) is 6.82. The van der Waals surface area contributed by atoms with Crippen LogP contribution in [0.15, 0.2) is 24.3 Å². The van der Waals surface area contributed by atoms with Crippen molar-refractivity contribution in [1.29, 1.82) is 0 Å². The van der Waals surface area contributed by atoms with Crippen molar-refractivity contribution >= 4 is 11.6 Å². The van der Waals surface area contributed by atoms with Crippen molar-refractivity contribution in [2.75, 3.05) is 44.4 Å². The Morgan fingerprint density at radius 1 is 1.10 bits per heavy atom. The second-order valence-corrected chi connectivity index (χ2v) is 8.76. The number of ether oxygens (including phenoxy) is 2. The van der Waals surface area contributed by atoms with Crippen LogP contribution in [0.3, 0.4) is 0 Å². The largest absolute Gasteiger partial charge is 0.381 e. The number of carbonyl (C=O) groups excluding carboxylic acids is 1. The number of nitrogens with two attached hydrogens (primary N) is 1. The highest BCUT2D eigenvalue weighted by Gasteiger charge is 2.36. The quantitative estimate of drug-likeness (QED) is 0.795. The number of benzene rings is 1. The molecule has 0 aliphatic carbocycles. The number of hydrogen-bond donors (Lipinski definition) is 1. The van der Waals surface area contributed by atoms with Crippen LogP contribution in [-0.2, 0) is 14.3 Å². The molecule has 3 aliphatic heterocycles. The van der Waals surface area contributed by atoms with Gasteiger partial charge in [-0.1, -0.05) is 12.1 Å². The van der Waals surface area contributed by atoms with E-state index in [4.69, 9.17) is 15.2 Å². The van der Waals surface area contributed by atoms with Crippen LogP contribution in [0.2, 0.25) is 0 Å². The van der Waals surface area contributed by atoms with Gasteiger partial charge >= 0.3 is 0 Å². The lowest BCUT2D eigenvalue weighted by Gasteiger charge is -2.42. The zero-order valence-corrected chi connectivity index (χ0v) is 17.7. The van der Waals surface area contributed by atoms with Gasteiger partial charge < -0.3 is 25.0 Å². The Morgan fingerprint density at radius 2 is 1.83 bits per heavy atom. The van der Waals surface area contributed by atoms with Crippen molar-refractivity contribution in [3.63, 3.8) is 0 Å². The zero-order chi connectivity index (χ0) is 20.9. The molecule has 2 N–H and O–H groups in total. The van der Waals surface area contributed by atoms with E-state index in [0.717, 1.165) is 58.2 Å². The Balaban J connectivity index is 1.30. The lowest BCUT2D eigenvalue weighted by molar-refractivity contribution is -0.145. The predicted molar refractivity (Wildman–Crippen MR) is 114 cm³/mol. The number of carbonyl (C=O) groups is 1. The van der Waals surface area contributed by atoms with E-state index >= 15 is 0 Å². The molecule has 3 aliphatic rings. The molecule has 0 aromatic heterocycles. The maximum absolute atomic E-state index is 14.0. The van der Waals surface area contributed by atoms with Crippen molar-refractivity contribution in [1.82, 2.24) is 4.90 Å². The molecule has 1 aromatic rings. The van der Waals surface area contributed by atoms with E-state index in [1.54, 1.807) is 6.07 Å². The molecule has 0 unspecified atom stereocenters. The van der Waals surface area contributed by atoms with E-state index < -0.39 is 0 Å². The van der Waals surface area contributed by atoms with Crippen LogP contribution in [0.25, 0.3) is 0 Å². The van der Waals surface area contributed by atoms with Crippen molar-refractivity contribution in [2.45, 2.75) is 56.7 Å². The van der Waals surface area contributed by atoms with Crippen LogP contribution < -0.4 is 10.6 Å². The number of para-hydroxylation sites is 1. The summed E-state index contributed by atoms with van der Waals surface area (Å²) in [4.78, 5) is 17.2. The Morgan fingerprint density at radius 3 is 2.57 bits per heavy atom. The van der Waals surface area contributed by atoms with Gasteiger partial charge in [-0.15, -0.1) is 0 Å². The molecule has 4 rings (SSSR count). The SMILES string of the molecule is N[C@H]1CCCN(C(=O)C2CCOCC2)[C@H]1COC1CCN(c2ccccc2F)CC1.